The number of imide groups is 1. The first-order valence-electron chi connectivity index (χ1n) is 4.58. The number of ether oxygens (including phenoxy) is 1. The molecule has 0 saturated carbocycles. The summed E-state index contributed by atoms with van der Waals surface area (Å²) < 4.78 is 4.80. The van der Waals surface area contributed by atoms with Crippen LogP contribution in [-0.4, -0.2) is 25.0 Å². The first-order chi connectivity index (χ1) is 7.59. The lowest BCUT2D eigenvalue weighted by molar-refractivity contribution is -0.138. The van der Waals surface area contributed by atoms with Crippen LogP contribution >= 0.6 is 11.6 Å². The molecule has 5 nitrogen and oxygen atoms in total. The van der Waals surface area contributed by atoms with Crippen molar-refractivity contribution in [1.82, 2.24) is 0 Å². The summed E-state index contributed by atoms with van der Waals surface area (Å²) in [5, 5.41) is 0.453. The topological polar surface area (TPSA) is 72.6 Å². The molecule has 1 saturated heterocycles. The van der Waals surface area contributed by atoms with Gasteiger partial charge in [-0.15, -0.1) is 0 Å². The van der Waals surface area contributed by atoms with Gasteiger partial charge in [-0.1, -0.05) is 11.6 Å². The lowest BCUT2D eigenvalue weighted by Gasteiger charge is -2.25. The van der Waals surface area contributed by atoms with Crippen LogP contribution in [0.25, 0.3) is 0 Å². The number of benzene rings is 1. The van der Waals surface area contributed by atoms with Crippen molar-refractivity contribution in [2.75, 3.05) is 23.8 Å². The van der Waals surface area contributed by atoms with Crippen molar-refractivity contribution in [3.8, 4) is 0 Å². The quantitative estimate of drug-likeness (QED) is 0.583. The van der Waals surface area contributed by atoms with Crippen molar-refractivity contribution in [3.05, 3.63) is 23.2 Å². The number of carbonyl (C=O) groups is 2. The van der Waals surface area contributed by atoms with Gasteiger partial charge in [0.15, 0.2) is 0 Å². The molecule has 1 fully saturated rings. The minimum Gasteiger partial charge on any atom is -0.397 e. The molecule has 1 heterocycles. The number of hydrogen-bond acceptors (Lipinski definition) is 4. The maximum atomic E-state index is 11.5. The van der Waals surface area contributed by atoms with Crippen molar-refractivity contribution in [1.29, 1.82) is 0 Å². The van der Waals surface area contributed by atoms with E-state index in [4.69, 9.17) is 22.1 Å². The zero-order valence-corrected chi connectivity index (χ0v) is 9.03. The fraction of sp³-hybridized carbons (Fsp3) is 0.200. The van der Waals surface area contributed by atoms with Gasteiger partial charge in [-0.25, -0.2) is 4.90 Å². The van der Waals surface area contributed by atoms with Crippen LogP contribution in [0.5, 0.6) is 0 Å². The predicted molar refractivity (Wildman–Crippen MR) is 59.2 cm³/mol. The van der Waals surface area contributed by atoms with E-state index in [1.54, 1.807) is 12.1 Å². The molecule has 0 spiro atoms. The molecule has 16 heavy (non-hydrogen) atoms. The molecule has 0 bridgehead atoms. The molecule has 0 atom stereocenters. The zero-order chi connectivity index (χ0) is 11.7. The molecule has 0 unspecified atom stereocenters. The van der Waals surface area contributed by atoms with Crippen LogP contribution in [0.4, 0.5) is 11.4 Å². The largest absolute Gasteiger partial charge is 0.397 e. The molecular formula is C10H9ClN2O3. The van der Waals surface area contributed by atoms with Crippen molar-refractivity contribution < 1.29 is 14.3 Å². The Bertz CT molecular complexity index is 445. The number of hydrogen-bond donors (Lipinski definition) is 1. The second-order valence-corrected chi connectivity index (χ2v) is 3.76. The van der Waals surface area contributed by atoms with Crippen molar-refractivity contribution >= 4 is 34.8 Å². The summed E-state index contributed by atoms with van der Waals surface area (Å²) in [5.74, 6) is -0.851. The van der Waals surface area contributed by atoms with Crippen LogP contribution in [0, 0.1) is 0 Å². The van der Waals surface area contributed by atoms with E-state index in [2.05, 4.69) is 0 Å². The van der Waals surface area contributed by atoms with E-state index in [-0.39, 0.29) is 18.9 Å². The standard InChI is InChI=1S/C10H9ClN2O3/c11-6-1-2-8(7(12)3-6)13-9(14)4-16-5-10(13)15/h1-3H,4-5,12H2. The maximum Gasteiger partial charge on any atom is 0.259 e. The Morgan fingerprint density at radius 1 is 1.25 bits per heavy atom. The smallest absolute Gasteiger partial charge is 0.259 e. The second-order valence-electron chi connectivity index (χ2n) is 3.32. The Morgan fingerprint density at radius 2 is 1.88 bits per heavy atom. The molecule has 0 aliphatic carbocycles. The van der Waals surface area contributed by atoms with E-state index in [9.17, 15) is 9.59 Å². The summed E-state index contributed by atoms with van der Waals surface area (Å²) in [5.41, 5.74) is 6.34. The molecule has 0 aromatic heterocycles. The fourth-order valence-electron chi connectivity index (χ4n) is 1.49. The first kappa shape index (κ1) is 10.9. The number of halogens is 1. The van der Waals surface area contributed by atoms with Gasteiger partial charge in [0.05, 0.1) is 11.4 Å². The van der Waals surface area contributed by atoms with Crippen LogP contribution in [0.15, 0.2) is 18.2 Å². The normalized spacial score (nSPS) is 16.7. The summed E-state index contributed by atoms with van der Waals surface area (Å²) in [7, 11) is 0. The van der Waals surface area contributed by atoms with Gasteiger partial charge < -0.3 is 10.5 Å². The summed E-state index contributed by atoms with van der Waals surface area (Å²) >= 11 is 5.74. The van der Waals surface area contributed by atoms with Crippen LogP contribution in [0.3, 0.4) is 0 Å². The van der Waals surface area contributed by atoms with Gasteiger partial charge in [0.25, 0.3) is 11.8 Å². The van der Waals surface area contributed by atoms with Gasteiger partial charge in [-0.2, -0.15) is 0 Å². The third-order valence-corrected chi connectivity index (χ3v) is 2.42. The van der Waals surface area contributed by atoms with E-state index < -0.39 is 11.8 Å². The summed E-state index contributed by atoms with van der Waals surface area (Å²) in [6.07, 6.45) is 0. The molecule has 2 N–H and O–H groups in total. The second kappa shape index (κ2) is 4.11. The Morgan fingerprint density at radius 3 is 2.44 bits per heavy atom. The predicted octanol–water partition coefficient (Wildman–Crippen LogP) is 0.812. The molecule has 1 aliphatic rings. The molecule has 1 aromatic rings. The van der Waals surface area contributed by atoms with Gasteiger partial charge in [-0.3, -0.25) is 9.59 Å². The third kappa shape index (κ3) is 1.87. The maximum absolute atomic E-state index is 11.5. The number of nitrogen functional groups attached to an aromatic ring is 1. The summed E-state index contributed by atoms with van der Waals surface area (Å²) in [6, 6.07) is 4.61. The molecule has 2 rings (SSSR count). The molecule has 2 amide bonds. The molecule has 1 aliphatic heterocycles. The van der Waals surface area contributed by atoms with Crippen LogP contribution in [0.2, 0.25) is 5.02 Å². The van der Waals surface area contributed by atoms with Crippen LogP contribution < -0.4 is 10.6 Å². The molecule has 84 valence electrons. The van der Waals surface area contributed by atoms with Crippen molar-refractivity contribution in [3.63, 3.8) is 0 Å². The highest BCUT2D eigenvalue weighted by molar-refractivity contribution is 6.31. The average molecular weight is 241 g/mol. The summed E-state index contributed by atoms with van der Waals surface area (Å²) in [6.45, 7) is -0.235. The number of carbonyl (C=O) groups excluding carboxylic acids is 2. The first-order valence-corrected chi connectivity index (χ1v) is 4.96. The van der Waals surface area contributed by atoms with E-state index in [0.717, 1.165) is 4.90 Å². The van der Waals surface area contributed by atoms with E-state index in [1.807, 2.05) is 0 Å². The minimum absolute atomic E-state index is 0.117. The number of rotatable bonds is 1. The van der Waals surface area contributed by atoms with Crippen molar-refractivity contribution in [2.24, 2.45) is 0 Å². The Balaban J connectivity index is 2.42. The van der Waals surface area contributed by atoms with Crippen LogP contribution in [0.1, 0.15) is 0 Å². The fourth-order valence-corrected chi connectivity index (χ4v) is 1.67. The van der Waals surface area contributed by atoms with Gasteiger partial charge in [-0.05, 0) is 18.2 Å². The lowest BCUT2D eigenvalue weighted by atomic mass is 10.2. The Labute approximate surface area is 96.7 Å². The minimum atomic E-state index is -0.426. The third-order valence-electron chi connectivity index (χ3n) is 2.18. The van der Waals surface area contributed by atoms with Gasteiger partial charge in [0, 0.05) is 5.02 Å². The Kier molecular flexibility index (Phi) is 2.80. The number of nitrogens with zero attached hydrogens (tertiary/aromatic N) is 1. The number of morpholine rings is 1. The average Bonchev–Trinajstić information content (AvgIpc) is 2.20. The highest BCUT2D eigenvalue weighted by Gasteiger charge is 2.29. The van der Waals surface area contributed by atoms with Gasteiger partial charge >= 0.3 is 0 Å². The van der Waals surface area contributed by atoms with Gasteiger partial charge in [0.1, 0.15) is 13.2 Å². The summed E-state index contributed by atoms with van der Waals surface area (Å²) in [4.78, 5) is 24.1. The molecule has 1 aromatic carbocycles. The molecule has 0 radical (unpaired) electrons. The van der Waals surface area contributed by atoms with E-state index in [1.165, 1.54) is 6.07 Å². The SMILES string of the molecule is Nc1cc(Cl)ccc1N1C(=O)COCC1=O. The highest BCUT2D eigenvalue weighted by Crippen LogP contribution is 2.27. The van der Waals surface area contributed by atoms with E-state index in [0.29, 0.717) is 10.7 Å². The van der Waals surface area contributed by atoms with E-state index >= 15 is 0 Å². The zero-order valence-electron chi connectivity index (χ0n) is 8.27. The number of amides is 2. The molecular weight excluding hydrogens is 232 g/mol. The Hall–Kier alpha value is -1.59. The lowest BCUT2D eigenvalue weighted by Crippen LogP contribution is -2.46. The highest BCUT2D eigenvalue weighted by atomic mass is 35.5. The number of nitrogens with two attached hydrogens (primary N) is 1. The number of anilines is 2. The molecule has 6 heteroatoms. The van der Waals surface area contributed by atoms with Gasteiger partial charge in [0.2, 0.25) is 0 Å². The monoisotopic (exact) mass is 240 g/mol. The van der Waals surface area contributed by atoms with Crippen molar-refractivity contribution in [2.45, 2.75) is 0 Å². The van der Waals surface area contributed by atoms with Crippen LogP contribution in [-0.2, 0) is 14.3 Å².